The van der Waals surface area contributed by atoms with Gasteiger partial charge in [0.05, 0.1) is 6.61 Å². The van der Waals surface area contributed by atoms with E-state index in [0.29, 0.717) is 12.6 Å². The molecule has 0 saturated carbocycles. The van der Waals surface area contributed by atoms with E-state index in [0.717, 1.165) is 25.3 Å². The summed E-state index contributed by atoms with van der Waals surface area (Å²) in [4.78, 5) is 2.35. The molecule has 18 heavy (non-hydrogen) atoms. The molecule has 3 nitrogen and oxygen atoms in total. The summed E-state index contributed by atoms with van der Waals surface area (Å²) in [6.07, 6.45) is 4.03. The van der Waals surface area contributed by atoms with Crippen LogP contribution in [0.3, 0.4) is 0 Å². The van der Waals surface area contributed by atoms with Gasteiger partial charge in [-0.3, -0.25) is 4.90 Å². The summed E-state index contributed by atoms with van der Waals surface area (Å²) in [6, 6.07) is 8.49. The van der Waals surface area contributed by atoms with E-state index >= 15 is 0 Å². The quantitative estimate of drug-likeness (QED) is 0.782. The summed E-state index contributed by atoms with van der Waals surface area (Å²) in [5, 5.41) is 9.28. The largest absolute Gasteiger partial charge is 0.490 e. The molecule has 0 unspecified atom stereocenters. The molecule has 0 amide bonds. The molecule has 0 radical (unpaired) electrons. The van der Waals surface area contributed by atoms with E-state index in [-0.39, 0.29) is 6.61 Å². The zero-order valence-corrected chi connectivity index (χ0v) is 10.7. The van der Waals surface area contributed by atoms with Crippen LogP contribution in [0.2, 0.25) is 0 Å². The third kappa shape index (κ3) is 3.34. The highest BCUT2D eigenvalue weighted by atomic mass is 16.5. The maximum Gasteiger partial charge on any atom is 0.119 e. The van der Waals surface area contributed by atoms with Crippen molar-refractivity contribution in [3.05, 3.63) is 42.5 Å². The maximum atomic E-state index is 9.28. The van der Waals surface area contributed by atoms with Crippen LogP contribution in [-0.4, -0.2) is 35.8 Å². The Morgan fingerprint density at radius 2 is 2.17 bits per heavy atom. The molecule has 1 fully saturated rings. The van der Waals surface area contributed by atoms with Crippen LogP contribution >= 0.6 is 0 Å². The lowest BCUT2D eigenvalue weighted by molar-refractivity contribution is 0.153. The van der Waals surface area contributed by atoms with Crippen LogP contribution in [0.1, 0.15) is 18.4 Å². The zero-order valence-electron chi connectivity index (χ0n) is 10.7. The first-order valence-corrected chi connectivity index (χ1v) is 6.51. The molecule has 0 spiro atoms. The van der Waals surface area contributed by atoms with Gasteiger partial charge in [-0.25, -0.2) is 0 Å². The van der Waals surface area contributed by atoms with Crippen molar-refractivity contribution in [3.63, 3.8) is 0 Å². The van der Waals surface area contributed by atoms with E-state index in [1.807, 2.05) is 12.1 Å². The Labute approximate surface area is 109 Å². The van der Waals surface area contributed by atoms with Crippen LogP contribution in [0, 0.1) is 0 Å². The van der Waals surface area contributed by atoms with Gasteiger partial charge in [-0.1, -0.05) is 24.8 Å². The van der Waals surface area contributed by atoms with Gasteiger partial charge in [0, 0.05) is 12.6 Å². The molecule has 2 rings (SSSR count). The van der Waals surface area contributed by atoms with Gasteiger partial charge in [0.2, 0.25) is 0 Å². The second kappa shape index (κ2) is 6.57. The van der Waals surface area contributed by atoms with Crippen molar-refractivity contribution < 1.29 is 9.84 Å². The minimum atomic E-state index is 0.264. The molecule has 1 N–H and O–H groups in total. The number of hydrogen-bond acceptors (Lipinski definition) is 3. The molecule has 1 heterocycles. The Bertz CT molecular complexity index is 375. The highest BCUT2D eigenvalue weighted by Gasteiger charge is 2.23. The molecule has 3 heteroatoms. The molecule has 0 aliphatic carbocycles. The van der Waals surface area contributed by atoms with E-state index in [1.165, 1.54) is 12.0 Å². The van der Waals surface area contributed by atoms with Crippen molar-refractivity contribution in [2.75, 3.05) is 19.8 Å². The molecular formula is C15H21NO2. The van der Waals surface area contributed by atoms with E-state index in [2.05, 4.69) is 23.6 Å². The Kier molecular flexibility index (Phi) is 4.79. The van der Waals surface area contributed by atoms with E-state index < -0.39 is 0 Å². The standard InChI is InChI=1S/C15H21NO2/c1-2-10-18-15-7-5-13(6-8-15)11-16-9-3-4-14(16)12-17/h2,5-8,14,17H,1,3-4,9-12H2/t14-/m0/s1. The fraction of sp³-hybridized carbons (Fsp3) is 0.467. The van der Waals surface area contributed by atoms with Gasteiger partial charge in [0.15, 0.2) is 0 Å². The van der Waals surface area contributed by atoms with Crippen LogP contribution in [-0.2, 0) is 6.54 Å². The van der Waals surface area contributed by atoms with Crippen LogP contribution in [0.25, 0.3) is 0 Å². The monoisotopic (exact) mass is 247 g/mol. The van der Waals surface area contributed by atoms with Crippen molar-refractivity contribution >= 4 is 0 Å². The predicted octanol–water partition coefficient (Wildman–Crippen LogP) is 2.21. The van der Waals surface area contributed by atoms with E-state index in [1.54, 1.807) is 6.08 Å². The normalized spacial score (nSPS) is 19.9. The molecule has 1 atom stereocenters. The number of rotatable bonds is 6. The molecule has 1 aliphatic heterocycles. The summed E-state index contributed by atoms with van der Waals surface area (Å²) in [6.45, 7) is 6.42. The molecule has 1 saturated heterocycles. The first-order valence-electron chi connectivity index (χ1n) is 6.51. The van der Waals surface area contributed by atoms with Crippen molar-refractivity contribution in [1.29, 1.82) is 0 Å². The minimum absolute atomic E-state index is 0.264. The fourth-order valence-corrected chi connectivity index (χ4v) is 2.39. The van der Waals surface area contributed by atoms with Crippen LogP contribution in [0.4, 0.5) is 0 Å². The average molecular weight is 247 g/mol. The maximum absolute atomic E-state index is 9.28. The highest BCUT2D eigenvalue weighted by Crippen LogP contribution is 2.20. The van der Waals surface area contributed by atoms with Crippen LogP contribution in [0.5, 0.6) is 5.75 Å². The zero-order chi connectivity index (χ0) is 12.8. The SMILES string of the molecule is C=CCOc1ccc(CN2CCC[C@H]2CO)cc1. The Balaban J connectivity index is 1.91. The summed E-state index contributed by atoms with van der Waals surface area (Å²) in [5.74, 6) is 0.874. The molecular weight excluding hydrogens is 226 g/mol. The van der Waals surface area contributed by atoms with Gasteiger partial charge in [0.25, 0.3) is 0 Å². The molecule has 98 valence electrons. The Hall–Kier alpha value is -1.32. The van der Waals surface area contributed by atoms with Gasteiger partial charge < -0.3 is 9.84 Å². The van der Waals surface area contributed by atoms with E-state index in [9.17, 15) is 5.11 Å². The Morgan fingerprint density at radius 3 is 2.83 bits per heavy atom. The molecule has 1 aliphatic rings. The predicted molar refractivity (Wildman–Crippen MR) is 72.7 cm³/mol. The van der Waals surface area contributed by atoms with Gasteiger partial charge >= 0.3 is 0 Å². The van der Waals surface area contributed by atoms with Crippen molar-refractivity contribution in [1.82, 2.24) is 4.90 Å². The lowest BCUT2D eigenvalue weighted by atomic mass is 10.2. The number of benzene rings is 1. The van der Waals surface area contributed by atoms with Crippen molar-refractivity contribution in [3.8, 4) is 5.75 Å². The van der Waals surface area contributed by atoms with Gasteiger partial charge in [0.1, 0.15) is 12.4 Å². The first-order chi connectivity index (χ1) is 8.83. The molecule has 0 bridgehead atoms. The van der Waals surface area contributed by atoms with Crippen LogP contribution < -0.4 is 4.74 Å². The number of likely N-dealkylation sites (tertiary alicyclic amines) is 1. The second-order valence-corrected chi connectivity index (χ2v) is 4.69. The third-order valence-corrected chi connectivity index (χ3v) is 3.39. The summed E-state index contributed by atoms with van der Waals surface area (Å²) < 4.78 is 5.45. The van der Waals surface area contributed by atoms with Crippen molar-refractivity contribution in [2.45, 2.75) is 25.4 Å². The van der Waals surface area contributed by atoms with Gasteiger partial charge in [-0.15, -0.1) is 0 Å². The molecule has 1 aromatic rings. The topological polar surface area (TPSA) is 32.7 Å². The minimum Gasteiger partial charge on any atom is -0.490 e. The smallest absolute Gasteiger partial charge is 0.119 e. The average Bonchev–Trinajstić information content (AvgIpc) is 2.85. The second-order valence-electron chi connectivity index (χ2n) is 4.69. The summed E-state index contributed by atoms with van der Waals surface area (Å²) >= 11 is 0. The third-order valence-electron chi connectivity index (χ3n) is 3.39. The molecule has 0 aromatic heterocycles. The number of nitrogens with zero attached hydrogens (tertiary/aromatic N) is 1. The van der Waals surface area contributed by atoms with Gasteiger partial charge in [-0.2, -0.15) is 0 Å². The van der Waals surface area contributed by atoms with E-state index in [4.69, 9.17) is 4.74 Å². The first kappa shape index (κ1) is 13.1. The van der Waals surface area contributed by atoms with Gasteiger partial charge in [-0.05, 0) is 37.1 Å². The lowest BCUT2D eigenvalue weighted by Crippen LogP contribution is -2.31. The summed E-state index contributed by atoms with van der Waals surface area (Å²) in [7, 11) is 0. The number of hydrogen-bond donors (Lipinski definition) is 1. The van der Waals surface area contributed by atoms with Crippen molar-refractivity contribution in [2.24, 2.45) is 0 Å². The Morgan fingerprint density at radius 1 is 1.39 bits per heavy atom. The fourth-order valence-electron chi connectivity index (χ4n) is 2.39. The lowest BCUT2D eigenvalue weighted by Gasteiger charge is -2.22. The number of ether oxygens (including phenoxy) is 1. The molecule has 1 aromatic carbocycles. The van der Waals surface area contributed by atoms with Crippen LogP contribution in [0.15, 0.2) is 36.9 Å². The highest BCUT2D eigenvalue weighted by molar-refractivity contribution is 5.27. The number of aliphatic hydroxyl groups excluding tert-OH is 1. The summed E-state index contributed by atoms with van der Waals surface area (Å²) in [5.41, 5.74) is 1.27. The number of aliphatic hydroxyl groups is 1.